The molecule has 2 amide bonds. The van der Waals surface area contributed by atoms with Gasteiger partial charge < -0.3 is 20.1 Å². The van der Waals surface area contributed by atoms with Crippen LogP contribution < -0.4 is 16.0 Å². The van der Waals surface area contributed by atoms with Crippen molar-refractivity contribution in [1.29, 1.82) is 0 Å². The van der Waals surface area contributed by atoms with Crippen molar-refractivity contribution in [1.82, 2.24) is 16.0 Å². The van der Waals surface area contributed by atoms with Crippen molar-refractivity contribution < 1.29 is 23.9 Å². The Balaban J connectivity index is 2.68. The summed E-state index contributed by atoms with van der Waals surface area (Å²) in [6.45, 7) is 8.44. The lowest BCUT2D eigenvalue weighted by Gasteiger charge is -2.26. The highest BCUT2D eigenvalue weighted by Gasteiger charge is 2.33. The largest absolute Gasteiger partial charge is 0.464 e. The Morgan fingerprint density at radius 3 is 2.35 bits per heavy atom. The zero-order valence-electron chi connectivity index (χ0n) is 14.2. The van der Waals surface area contributed by atoms with Crippen molar-refractivity contribution in [2.24, 2.45) is 0 Å². The Morgan fingerprint density at radius 1 is 1.22 bits per heavy atom. The van der Waals surface area contributed by atoms with Gasteiger partial charge in [-0.15, -0.1) is 0 Å². The number of hydrogen-bond acceptors (Lipinski definition) is 6. The lowest BCUT2D eigenvalue weighted by molar-refractivity contribution is -0.149. The Hall–Kier alpha value is -1.83. The van der Waals surface area contributed by atoms with Crippen LogP contribution in [0.15, 0.2) is 0 Å². The molecule has 132 valence electrons. The molecule has 1 saturated heterocycles. The maximum absolute atomic E-state index is 12.3. The van der Waals surface area contributed by atoms with E-state index in [9.17, 15) is 14.4 Å². The van der Waals surface area contributed by atoms with Gasteiger partial charge >= 0.3 is 12.1 Å². The predicted molar refractivity (Wildman–Crippen MR) is 83.8 cm³/mol. The summed E-state index contributed by atoms with van der Waals surface area (Å²) >= 11 is 0. The second-order valence-electron chi connectivity index (χ2n) is 6.36. The summed E-state index contributed by atoms with van der Waals surface area (Å²) in [5.74, 6) is -1.38. The maximum atomic E-state index is 12.3. The highest BCUT2D eigenvalue weighted by molar-refractivity contribution is 6.04. The fourth-order valence-electron chi connectivity index (χ4n) is 2.13. The summed E-state index contributed by atoms with van der Waals surface area (Å²) in [4.78, 5) is 36.1. The van der Waals surface area contributed by atoms with Gasteiger partial charge in [-0.1, -0.05) is 0 Å². The molecule has 0 aromatic rings. The molecule has 8 heteroatoms. The van der Waals surface area contributed by atoms with Gasteiger partial charge in [-0.2, -0.15) is 0 Å². The molecule has 1 fully saturated rings. The summed E-state index contributed by atoms with van der Waals surface area (Å²) < 4.78 is 9.95. The fraction of sp³-hybridized carbons (Fsp3) is 0.800. The van der Waals surface area contributed by atoms with Crippen LogP contribution in [0.1, 0.15) is 40.5 Å². The van der Waals surface area contributed by atoms with E-state index in [0.717, 1.165) is 25.9 Å². The average Bonchev–Trinajstić information content (AvgIpc) is 2.44. The Kier molecular flexibility index (Phi) is 7.28. The zero-order valence-corrected chi connectivity index (χ0v) is 14.2. The molecule has 1 aliphatic heterocycles. The molecule has 1 heterocycles. The van der Waals surface area contributed by atoms with Crippen molar-refractivity contribution in [3.63, 3.8) is 0 Å². The first-order valence-electron chi connectivity index (χ1n) is 7.90. The molecule has 1 atom stereocenters. The van der Waals surface area contributed by atoms with Crippen LogP contribution in [-0.2, 0) is 19.1 Å². The van der Waals surface area contributed by atoms with E-state index >= 15 is 0 Å². The van der Waals surface area contributed by atoms with E-state index in [2.05, 4.69) is 16.0 Å². The van der Waals surface area contributed by atoms with Crippen LogP contribution >= 0.6 is 0 Å². The lowest BCUT2D eigenvalue weighted by Crippen LogP contribution is -2.56. The smallest absolute Gasteiger partial charge is 0.408 e. The number of piperidine rings is 1. The zero-order chi connectivity index (χ0) is 17.5. The molecule has 0 aromatic heterocycles. The molecule has 23 heavy (non-hydrogen) atoms. The number of hydrogen-bond donors (Lipinski definition) is 3. The van der Waals surface area contributed by atoms with Gasteiger partial charge in [-0.3, -0.25) is 10.1 Å². The topological polar surface area (TPSA) is 106 Å². The number of alkyl carbamates (subject to hydrolysis) is 1. The van der Waals surface area contributed by atoms with E-state index < -0.39 is 29.6 Å². The van der Waals surface area contributed by atoms with E-state index in [-0.39, 0.29) is 12.6 Å². The molecule has 8 nitrogen and oxygen atoms in total. The first-order valence-corrected chi connectivity index (χ1v) is 7.90. The lowest BCUT2D eigenvalue weighted by atomic mass is 10.1. The molecule has 1 aliphatic rings. The van der Waals surface area contributed by atoms with Crippen LogP contribution in [0.2, 0.25) is 0 Å². The van der Waals surface area contributed by atoms with Crippen LogP contribution in [-0.4, -0.2) is 55.4 Å². The van der Waals surface area contributed by atoms with Crippen molar-refractivity contribution in [2.75, 3.05) is 19.7 Å². The van der Waals surface area contributed by atoms with Crippen molar-refractivity contribution in [3.8, 4) is 0 Å². The summed E-state index contributed by atoms with van der Waals surface area (Å²) in [5, 5.41) is 8.25. The van der Waals surface area contributed by atoms with Gasteiger partial charge in [0.05, 0.1) is 6.61 Å². The van der Waals surface area contributed by atoms with Crippen LogP contribution in [0, 0.1) is 0 Å². The molecule has 0 spiro atoms. The number of amides is 2. The van der Waals surface area contributed by atoms with Crippen molar-refractivity contribution >= 4 is 18.0 Å². The molecular formula is C15H27N3O5. The third-order valence-electron chi connectivity index (χ3n) is 3.13. The maximum Gasteiger partial charge on any atom is 0.408 e. The minimum absolute atomic E-state index is 0.0267. The molecule has 0 saturated carbocycles. The highest BCUT2D eigenvalue weighted by atomic mass is 16.6. The van der Waals surface area contributed by atoms with Crippen LogP contribution in [0.25, 0.3) is 0 Å². The van der Waals surface area contributed by atoms with E-state index in [4.69, 9.17) is 9.47 Å². The Morgan fingerprint density at radius 2 is 1.83 bits per heavy atom. The number of ether oxygens (including phenoxy) is 2. The van der Waals surface area contributed by atoms with Gasteiger partial charge in [-0.25, -0.2) is 9.59 Å². The van der Waals surface area contributed by atoms with E-state index in [1.54, 1.807) is 27.7 Å². The third kappa shape index (κ3) is 7.32. The van der Waals surface area contributed by atoms with Crippen LogP contribution in [0.5, 0.6) is 0 Å². The van der Waals surface area contributed by atoms with Crippen LogP contribution in [0.3, 0.4) is 0 Å². The van der Waals surface area contributed by atoms with Gasteiger partial charge in [0.2, 0.25) is 6.04 Å². The molecule has 0 radical (unpaired) electrons. The summed E-state index contributed by atoms with van der Waals surface area (Å²) in [6.07, 6.45) is 0.706. The second kappa shape index (κ2) is 8.71. The summed E-state index contributed by atoms with van der Waals surface area (Å²) in [7, 11) is 0. The minimum Gasteiger partial charge on any atom is -0.464 e. The number of carbonyl (C=O) groups excluding carboxylic acids is 3. The molecule has 3 N–H and O–H groups in total. The second-order valence-corrected chi connectivity index (χ2v) is 6.36. The normalized spacial score (nSPS) is 17.0. The van der Waals surface area contributed by atoms with E-state index in [0.29, 0.717) is 0 Å². The minimum atomic E-state index is -1.42. The van der Waals surface area contributed by atoms with Gasteiger partial charge in [0.1, 0.15) is 5.60 Å². The highest BCUT2D eigenvalue weighted by Crippen LogP contribution is 2.08. The molecule has 0 aromatic carbocycles. The van der Waals surface area contributed by atoms with E-state index in [1.807, 2.05) is 0 Å². The summed E-state index contributed by atoms with van der Waals surface area (Å²) in [5.41, 5.74) is -0.727. The molecular weight excluding hydrogens is 302 g/mol. The Bertz CT molecular complexity index is 427. The molecule has 0 aliphatic carbocycles. The van der Waals surface area contributed by atoms with Crippen molar-refractivity contribution in [2.45, 2.75) is 58.2 Å². The van der Waals surface area contributed by atoms with Gasteiger partial charge in [-0.05, 0) is 53.6 Å². The summed E-state index contributed by atoms with van der Waals surface area (Å²) in [6, 6.07) is -1.44. The van der Waals surface area contributed by atoms with Gasteiger partial charge in [0, 0.05) is 6.04 Å². The van der Waals surface area contributed by atoms with E-state index in [1.165, 1.54) is 0 Å². The fourth-order valence-corrected chi connectivity index (χ4v) is 2.13. The number of rotatable bonds is 5. The van der Waals surface area contributed by atoms with Crippen molar-refractivity contribution in [3.05, 3.63) is 0 Å². The first kappa shape index (κ1) is 19.2. The average molecular weight is 329 g/mol. The number of carbonyl (C=O) groups is 3. The molecule has 1 unspecified atom stereocenters. The quantitative estimate of drug-likeness (QED) is 0.495. The first-order chi connectivity index (χ1) is 10.7. The standard InChI is InChI=1S/C15H27N3O5/c1-5-22-13(20)11(18-14(21)23-15(2,3)4)12(19)17-10-6-8-16-9-7-10/h10-11,16H,5-9H2,1-4H3,(H,17,19)(H,18,21). The SMILES string of the molecule is CCOC(=O)C(NC(=O)OC(C)(C)C)C(=O)NC1CCNCC1. The third-order valence-corrected chi connectivity index (χ3v) is 3.13. The predicted octanol–water partition coefficient (Wildman–Crippen LogP) is 0.311. The Labute approximate surface area is 136 Å². The molecule has 0 bridgehead atoms. The van der Waals surface area contributed by atoms with Crippen LogP contribution in [0.4, 0.5) is 4.79 Å². The van der Waals surface area contributed by atoms with Gasteiger partial charge in [0.15, 0.2) is 0 Å². The number of nitrogens with one attached hydrogen (secondary N) is 3. The number of esters is 1. The van der Waals surface area contributed by atoms with Gasteiger partial charge in [0.25, 0.3) is 5.91 Å². The molecule has 1 rings (SSSR count). The monoisotopic (exact) mass is 329 g/mol.